The van der Waals surface area contributed by atoms with Gasteiger partial charge in [0.25, 0.3) is 5.91 Å². The van der Waals surface area contributed by atoms with Gasteiger partial charge < -0.3 is 24.3 Å². The van der Waals surface area contributed by atoms with Crippen molar-refractivity contribution < 1.29 is 28.5 Å². The number of nitrogens with one attached hydrogen (secondary N) is 1. The molecule has 7 heteroatoms. The summed E-state index contributed by atoms with van der Waals surface area (Å²) in [6.45, 7) is 0.745. The molecule has 0 fully saturated rings. The van der Waals surface area contributed by atoms with Crippen LogP contribution in [0.5, 0.6) is 23.0 Å². The zero-order chi connectivity index (χ0) is 17.6. The first-order valence-corrected chi connectivity index (χ1v) is 7.65. The zero-order valence-corrected chi connectivity index (χ0v) is 13.6. The minimum absolute atomic E-state index is 0.235. The van der Waals surface area contributed by atoms with Gasteiger partial charge in [0, 0.05) is 11.8 Å². The molecule has 0 saturated carbocycles. The summed E-state index contributed by atoms with van der Waals surface area (Å²) in [5, 5.41) is 2.71. The summed E-state index contributed by atoms with van der Waals surface area (Å²) in [5.41, 5.74) is 0.884. The number of rotatable bonds is 6. The second kappa shape index (κ2) is 7.57. The number of fused-ring (bicyclic) bond motifs is 1. The summed E-state index contributed by atoms with van der Waals surface area (Å²) in [4.78, 5) is 23.2. The Morgan fingerprint density at radius 3 is 2.72 bits per heavy atom. The fraction of sp³-hybridized carbons (Fsp3) is 0.222. The molecule has 2 aromatic rings. The molecule has 0 atom stereocenters. The smallest absolute Gasteiger partial charge is 0.262 e. The van der Waals surface area contributed by atoms with Crippen LogP contribution >= 0.6 is 0 Å². The number of anilines is 1. The van der Waals surface area contributed by atoms with Crippen LogP contribution in [0.4, 0.5) is 5.69 Å². The van der Waals surface area contributed by atoms with Crippen LogP contribution in [-0.2, 0) is 4.79 Å². The molecule has 130 valence electrons. The van der Waals surface area contributed by atoms with Crippen LogP contribution in [0.25, 0.3) is 0 Å². The third kappa shape index (κ3) is 4.00. The van der Waals surface area contributed by atoms with Gasteiger partial charge in [0.2, 0.25) is 0 Å². The fourth-order valence-electron chi connectivity index (χ4n) is 2.34. The molecule has 0 saturated heterocycles. The van der Waals surface area contributed by atoms with Gasteiger partial charge in [-0.25, -0.2) is 0 Å². The Bertz CT molecular complexity index is 789. The third-order valence-electron chi connectivity index (χ3n) is 3.53. The van der Waals surface area contributed by atoms with Gasteiger partial charge in [-0.1, -0.05) is 0 Å². The Morgan fingerprint density at radius 1 is 1.16 bits per heavy atom. The second-order valence-electron chi connectivity index (χ2n) is 5.22. The molecule has 7 nitrogen and oxygen atoms in total. The van der Waals surface area contributed by atoms with E-state index in [2.05, 4.69) is 5.32 Å². The first-order valence-electron chi connectivity index (χ1n) is 7.65. The lowest BCUT2D eigenvalue weighted by Crippen LogP contribution is -2.21. The molecular formula is C18H17NO6. The highest BCUT2D eigenvalue weighted by molar-refractivity contribution is 5.92. The Labute approximate surface area is 144 Å². The molecule has 0 aromatic heterocycles. The van der Waals surface area contributed by atoms with Gasteiger partial charge in [0.1, 0.15) is 24.7 Å². The minimum atomic E-state index is -0.357. The molecule has 1 N–H and O–H groups in total. The number of hydrogen-bond donors (Lipinski definition) is 1. The van der Waals surface area contributed by atoms with Crippen LogP contribution in [0.1, 0.15) is 10.4 Å². The molecule has 0 bridgehead atoms. The predicted molar refractivity (Wildman–Crippen MR) is 89.9 cm³/mol. The van der Waals surface area contributed by atoms with E-state index in [1.165, 1.54) is 7.11 Å². The van der Waals surface area contributed by atoms with Gasteiger partial charge >= 0.3 is 0 Å². The average Bonchev–Trinajstić information content (AvgIpc) is 2.66. The summed E-state index contributed by atoms with van der Waals surface area (Å²) in [6.07, 6.45) is 0.649. The van der Waals surface area contributed by atoms with E-state index in [0.29, 0.717) is 53.7 Å². The molecule has 3 rings (SSSR count). The standard InChI is InChI=1S/C18H17NO6/c1-22-14-3-5-15(12(8-14)10-20)25-11-18(21)19-13-2-4-16-17(9-13)24-7-6-23-16/h2-5,8-10H,6-7,11H2,1H3,(H,19,21). The first-order chi connectivity index (χ1) is 12.2. The lowest BCUT2D eigenvalue weighted by molar-refractivity contribution is -0.118. The topological polar surface area (TPSA) is 83.1 Å². The average molecular weight is 343 g/mol. The minimum Gasteiger partial charge on any atom is -0.497 e. The van der Waals surface area contributed by atoms with E-state index >= 15 is 0 Å². The summed E-state index contributed by atoms with van der Waals surface area (Å²) < 4.78 is 21.4. The molecule has 0 aliphatic carbocycles. The second-order valence-corrected chi connectivity index (χ2v) is 5.22. The lowest BCUT2D eigenvalue weighted by atomic mass is 10.2. The van der Waals surface area contributed by atoms with E-state index in [4.69, 9.17) is 18.9 Å². The number of carbonyl (C=O) groups is 2. The van der Waals surface area contributed by atoms with Gasteiger partial charge in [0.05, 0.1) is 12.7 Å². The first kappa shape index (κ1) is 16.6. The molecule has 0 unspecified atom stereocenters. The number of carbonyl (C=O) groups excluding carboxylic acids is 2. The van der Waals surface area contributed by atoms with Crippen molar-refractivity contribution >= 4 is 17.9 Å². The van der Waals surface area contributed by atoms with Gasteiger partial charge in [-0.2, -0.15) is 0 Å². The number of ether oxygens (including phenoxy) is 4. The van der Waals surface area contributed by atoms with E-state index in [1.807, 2.05) is 0 Å². The Morgan fingerprint density at radius 2 is 1.96 bits per heavy atom. The number of methoxy groups -OCH3 is 1. The number of benzene rings is 2. The van der Waals surface area contributed by atoms with Crippen LogP contribution in [0.15, 0.2) is 36.4 Å². The number of hydrogen-bond acceptors (Lipinski definition) is 6. The Hall–Kier alpha value is -3.22. The molecular weight excluding hydrogens is 326 g/mol. The summed E-state index contributed by atoms with van der Waals surface area (Å²) in [7, 11) is 1.51. The maximum absolute atomic E-state index is 12.1. The van der Waals surface area contributed by atoms with Gasteiger partial charge in [-0.15, -0.1) is 0 Å². The maximum Gasteiger partial charge on any atom is 0.262 e. The summed E-state index contributed by atoms with van der Waals surface area (Å²) >= 11 is 0. The highest BCUT2D eigenvalue weighted by atomic mass is 16.6. The van der Waals surface area contributed by atoms with Crippen LogP contribution in [0.2, 0.25) is 0 Å². The van der Waals surface area contributed by atoms with Crippen molar-refractivity contribution in [2.45, 2.75) is 0 Å². The van der Waals surface area contributed by atoms with Crippen molar-refractivity contribution in [3.8, 4) is 23.0 Å². The Balaban J connectivity index is 1.61. The molecule has 0 radical (unpaired) electrons. The predicted octanol–water partition coefficient (Wildman–Crippen LogP) is 2.30. The van der Waals surface area contributed by atoms with E-state index < -0.39 is 0 Å². The largest absolute Gasteiger partial charge is 0.497 e. The SMILES string of the molecule is COc1ccc(OCC(=O)Nc2ccc3c(c2)OCCO3)c(C=O)c1. The van der Waals surface area contributed by atoms with Gasteiger partial charge in [-0.05, 0) is 30.3 Å². The quantitative estimate of drug-likeness (QED) is 0.811. The molecule has 2 aromatic carbocycles. The molecule has 1 heterocycles. The number of aldehydes is 1. The highest BCUT2D eigenvalue weighted by Crippen LogP contribution is 2.32. The summed E-state index contributed by atoms with van der Waals surface area (Å²) in [6, 6.07) is 9.92. The zero-order valence-electron chi connectivity index (χ0n) is 13.6. The van der Waals surface area contributed by atoms with E-state index in [9.17, 15) is 9.59 Å². The van der Waals surface area contributed by atoms with E-state index in [-0.39, 0.29) is 12.5 Å². The van der Waals surface area contributed by atoms with Crippen molar-refractivity contribution in [3.05, 3.63) is 42.0 Å². The molecule has 1 amide bonds. The van der Waals surface area contributed by atoms with Crippen LogP contribution in [-0.4, -0.2) is 39.1 Å². The summed E-state index contributed by atoms with van der Waals surface area (Å²) in [5.74, 6) is 1.73. The van der Waals surface area contributed by atoms with Crippen molar-refractivity contribution in [1.29, 1.82) is 0 Å². The van der Waals surface area contributed by atoms with Gasteiger partial charge in [0.15, 0.2) is 24.4 Å². The molecule has 25 heavy (non-hydrogen) atoms. The van der Waals surface area contributed by atoms with Crippen molar-refractivity contribution in [1.82, 2.24) is 0 Å². The molecule has 1 aliphatic rings. The van der Waals surface area contributed by atoms with Crippen molar-refractivity contribution in [2.75, 3.05) is 32.2 Å². The highest BCUT2D eigenvalue weighted by Gasteiger charge is 2.13. The van der Waals surface area contributed by atoms with Crippen LogP contribution in [0.3, 0.4) is 0 Å². The van der Waals surface area contributed by atoms with Crippen LogP contribution < -0.4 is 24.3 Å². The van der Waals surface area contributed by atoms with E-state index in [0.717, 1.165) is 0 Å². The fourth-order valence-corrected chi connectivity index (χ4v) is 2.34. The van der Waals surface area contributed by atoms with Crippen LogP contribution in [0, 0.1) is 0 Å². The lowest BCUT2D eigenvalue weighted by Gasteiger charge is -2.19. The third-order valence-corrected chi connectivity index (χ3v) is 3.53. The molecule has 0 spiro atoms. The van der Waals surface area contributed by atoms with Crippen molar-refractivity contribution in [3.63, 3.8) is 0 Å². The molecule has 1 aliphatic heterocycles. The maximum atomic E-state index is 12.1. The van der Waals surface area contributed by atoms with E-state index in [1.54, 1.807) is 36.4 Å². The monoisotopic (exact) mass is 343 g/mol. The normalized spacial score (nSPS) is 12.2. The van der Waals surface area contributed by atoms with Gasteiger partial charge in [-0.3, -0.25) is 9.59 Å². The van der Waals surface area contributed by atoms with Crippen molar-refractivity contribution in [2.24, 2.45) is 0 Å². The number of amides is 1. The Kier molecular flexibility index (Phi) is 5.03.